The second-order valence-corrected chi connectivity index (χ2v) is 13.3. The van der Waals surface area contributed by atoms with Gasteiger partial charge >= 0.3 is 5.97 Å². The third-order valence-corrected chi connectivity index (χ3v) is 11.7. The molecule has 206 valence electrons. The zero-order valence-corrected chi connectivity index (χ0v) is 23.0. The number of carboxylic acids is 1. The molecule has 0 aromatic rings. The van der Waals surface area contributed by atoms with E-state index in [1.54, 1.807) is 0 Å². The Hall–Kier alpha value is -1.18. The highest BCUT2D eigenvalue weighted by Gasteiger charge is 2.64. The molecule has 0 aliphatic heterocycles. The van der Waals surface area contributed by atoms with Crippen LogP contribution >= 0.6 is 0 Å². The van der Waals surface area contributed by atoms with Crippen LogP contribution in [0.25, 0.3) is 0 Å². The number of hydrazine groups is 1. The van der Waals surface area contributed by atoms with Crippen molar-refractivity contribution < 1.29 is 20.1 Å². The lowest BCUT2D eigenvalue weighted by Crippen LogP contribution is -2.62. The minimum atomic E-state index is -0.904. The van der Waals surface area contributed by atoms with Crippen LogP contribution in [0.5, 0.6) is 0 Å². The highest BCUT2D eigenvalue weighted by atomic mass is 16.4. The smallest absolute Gasteiger partial charge is 0.308 e. The van der Waals surface area contributed by atoms with Crippen LogP contribution in [0.2, 0.25) is 0 Å². The molecule has 4 saturated carbocycles. The highest BCUT2D eigenvalue weighted by Crippen LogP contribution is 2.69. The van der Waals surface area contributed by atoms with Crippen molar-refractivity contribution in [2.24, 2.45) is 63.2 Å². The molecule has 7 nitrogen and oxygen atoms in total. The van der Waals surface area contributed by atoms with E-state index in [0.29, 0.717) is 48.0 Å². The van der Waals surface area contributed by atoms with E-state index in [0.717, 1.165) is 38.5 Å². The molecule has 0 heterocycles. The molecular weight excluding hydrogens is 454 g/mol. The summed E-state index contributed by atoms with van der Waals surface area (Å²) in [5.74, 6) is 8.58. The zero-order chi connectivity index (χ0) is 26.3. The Bertz CT molecular complexity index is 807. The summed E-state index contributed by atoms with van der Waals surface area (Å²) < 4.78 is 0. The number of aliphatic carboxylic acids is 1. The van der Waals surface area contributed by atoms with E-state index < -0.39 is 5.97 Å². The van der Waals surface area contributed by atoms with Crippen molar-refractivity contribution in [3.05, 3.63) is 0 Å². The lowest BCUT2D eigenvalue weighted by atomic mass is 9.41. The maximum absolute atomic E-state index is 11.8. The van der Waals surface area contributed by atoms with E-state index >= 15 is 0 Å². The van der Waals surface area contributed by atoms with Crippen molar-refractivity contribution in [2.75, 3.05) is 6.54 Å². The predicted octanol–water partition coefficient (Wildman–Crippen LogP) is 4.67. The lowest BCUT2D eigenvalue weighted by Gasteiger charge is -2.64. The van der Waals surface area contributed by atoms with Crippen LogP contribution in [0, 0.1) is 52.3 Å². The molecule has 0 aromatic carbocycles. The van der Waals surface area contributed by atoms with Gasteiger partial charge in [-0.05, 0) is 110 Å². The first-order valence-electron chi connectivity index (χ1n) is 14.7. The fourth-order valence-electron chi connectivity index (χ4n) is 9.99. The van der Waals surface area contributed by atoms with Crippen LogP contribution in [-0.2, 0) is 4.79 Å². The second-order valence-electron chi connectivity index (χ2n) is 13.3. The van der Waals surface area contributed by atoms with Gasteiger partial charge in [-0.2, -0.15) is 5.10 Å². The van der Waals surface area contributed by atoms with E-state index in [4.69, 9.17) is 10.9 Å². The number of nitrogens with zero attached hydrogens (tertiary/aromatic N) is 2. The Balaban J connectivity index is 1.43. The number of hydrogen-bond acceptors (Lipinski definition) is 6. The van der Waals surface area contributed by atoms with Crippen LogP contribution in [-0.4, -0.2) is 51.4 Å². The van der Waals surface area contributed by atoms with Crippen LogP contribution in [0.3, 0.4) is 0 Å². The molecule has 4 rings (SSSR count). The highest BCUT2D eigenvalue weighted by molar-refractivity contribution is 5.84. The van der Waals surface area contributed by atoms with Crippen molar-refractivity contribution in [2.45, 2.75) is 111 Å². The molecule has 0 amide bonds. The summed E-state index contributed by atoms with van der Waals surface area (Å²) in [6, 6.07) is 0. The average molecular weight is 506 g/mol. The van der Waals surface area contributed by atoms with Crippen molar-refractivity contribution >= 4 is 12.2 Å². The maximum atomic E-state index is 11.8. The van der Waals surface area contributed by atoms with Crippen LogP contribution in [0.4, 0.5) is 0 Å². The molecule has 0 saturated heterocycles. The summed E-state index contributed by atoms with van der Waals surface area (Å²) in [6.45, 7) is 10.3. The SMILES string of the molecule is CC[C@H]1[C@@H](O)[C@H]2C3CC[C@H]([C@H](C)CCCN(N)/N=C/CC(=O)O)[C@@]3(C)CCC2[C@@]2(C)CC[C@@H](O)C[C@@H]12. The van der Waals surface area contributed by atoms with Gasteiger partial charge in [0.2, 0.25) is 0 Å². The van der Waals surface area contributed by atoms with E-state index in [1.165, 1.54) is 37.0 Å². The molecule has 0 spiro atoms. The maximum Gasteiger partial charge on any atom is 0.308 e. The number of nitrogens with two attached hydrogens (primary N) is 1. The van der Waals surface area contributed by atoms with Gasteiger partial charge in [0.05, 0.1) is 25.2 Å². The Labute approximate surface area is 217 Å². The molecule has 2 unspecified atom stereocenters. The zero-order valence-electron chi connectivity index (χ0n) is 23.0. The largest absolute Gasteiger partial charge is 0.481 e. The van der Waals surface area contributed by atoms with Gasteiger partial charge in [0.15, 0.2) is 0 Å². The first kappa shape index (κ1) is 27.8. The van der Waals surface area contributed by atoms with Gasteiger partial charge in [0, 0.05) is 6.21 Å². The normalized spacial score (nSPS) is 45.1. The standard InChI is InChI=1S/C29H51N3O4/c1-5-20-24-17-19(33)10-13-29(24,4)23-11-14-28(3)21(8-9-22(28)26(23)27(20)36)18(2)7-6-16-32(30)31-15-12-25(34)35/h15,18-24,26-27,33,36H,5-14,16-17,30H2,1-4H3,(H,34,35)/b31-15+/t18-,19-,20-,21-,22?,23?,24+,26+,27-,28-,29-/m1/s1. The van der Waals surface area contributed by atoms with Crippen LogP contribution in [0.15, 0.2) is 5.10 Å². The number of rotatable bonds is 9. The average Bonchev–Trinajstić information content (AvgIpc) is 3.17. The minimum Gasteiger partial charge on any atom is -0.481 e. The number of carbonyl (C=O) groups is 1. The minimum absolute atomic E-state index is 0.112. The molecule has 4 aliphatic carbocycles. The van der Waals surface area contributed by atoms with Crippen molar-refractivity contribution in [3.63, 3.8) is 0 Å². The van der Waals surface area contributed by atoms with E-state index in [2.05, 4.69) is 32.8 Å². The molecule has 36 heavy (non-hydrogen) atoms. The quantitative estimate of drug-likeness (QED) is 0.205. The third-order valence-electron chi connectivity index (χ3n) is 11.7. The molecule has 5 N–H and O–H groups in total. The first-order chi connectivity index (χ1) is 17.0. The lowest BCUT2D eigenvalue weighted by molar-refractivity contribution is -0.203. The molecule has 0 bridgehead atoms. The van der Waals surface area contributed by atoms with Gasteiger partial charge in [-0.15, -0.1) is 0 Å². The molecule has 7 heteroatoms. The van der Waals surface area contributed by atoms with Gasteiger partial charge in [-0.1, -0.05) is 34.1 Å². The van der Waals surface area contributed by atoms with Gasteiger partial charge in [-0.3, -0.25) is 4.79 Å². The number of aliphatic hydroxyl groups is 2. The van der Waals surface area contributed by atoms with Crippen molar-refractivity contribution in [1.82, 2.24) is 5.12 Å². The number of hydrazone groups is 1. The summed E-state index contributed by atoms with van der Waals surface area (Å²) in [5, 5.41) is 36.5. The summed E-state index contributed by atoms with van der Waals surface area (Å²) in [6.07, 6.45) is 11.7. The van der Waals surface area contributed by atoms with E-state index in [-0.39, 0.29) is 29.5 Å². The number of aliphatic hydroxyl groups excluding tert-OH is 2. The molecule has 11 atom stereocenters. The molecular formula is C29H51N3O4. The summed E-state index contributed by atoms with van der Waals surface area (Å²) in [7, 11) is 0. The van der Waals surface area contributed by atoms with Gasteiger partial charge in [0.25, 0.3) is 0 Å². The Kier molecular flexibility index (Phi) is 8.43. The summed E-state index contributed by atoms with van der Waals surface area (Å²) in [5.41, 5.74) is 0.528. The number of fused-ring (bicyclic) bond motifs is 5. The third kappa shape index (κ3) is 4.96. The summed E-state index contributed by atoms with van der Waals surface area (Å²) in [4.78, 5) is 10.6. The van der Waals surface area contributed by atoms with Crippen molar-refractivity contribution in [1.29, 1.82) is 0 Å². The summed E-state index contributed by atoms with van der Waals surface area (Å²) >= 11 is 0. The van der Waals surface area contributed by atoms with Crippen molar-refractivity contribution in [3.8, 4) is 0 Å². The fraction of sp³-hybridized carbons (Fsp3) is 0.931. The second kappa shape index (κ2) is 10.9. The predicted molar refractivity (Wildman–Crippen MR) is 142 cm³/mol. The van der Waals surface area contributed by atoms with E-state index in [9.17, 15) is 15.0 Å². The van der Waals surface area contributed by atoms with Crippen LogP contribution in [0.1, 0.15) is 98.3 Å². The Morgan fingerprint density at radius 3 is 2.50 bits per heavy atom. The Morgan fingerprint density at radius 1 is 1.11 bits per heavy atom. The monoisotopic (exact) mass is 505 g/mol. The molecule has 4 aliphatic rings. The Morgan fingerprint density at radius 2 is 1.81 bits per heavy atom. The topological polar surface area (TPSA) is 119 Å². The first-order valence-corrected chi connectivity index (χ1v) is 14.7. The molecule has 0 aromatic heterocycles. The molecule has 4 fully saturated rings. The number of carboxylic acid groups (broad SMARTS) is 1. The fourth-order valence-corrected chi connectivity index (χ4v) is 9.99. The van der Waals surface area contributed by atoms with Crippen LogP contribution < -0.4 is 5.84 Å². The number of hydrogen-bond donors (Lipinski definition) is 4. The van der Waals surface area contributed by atoms with Gasteiger partial charge < -0.3 is 15.3 Å². The van der Waals surface area contributed by atoms with Gasteiger partial charge in [0.1, 0.15) is 0 Å². The molecule has 0 radical (unpaired) electrons. The van der Waals surface area contributed by atoms with Gasteiger partial charge in [-0.25, -0.2) is 11.0 Å². The van der Waals surface area contributed by atoms with E-state index in [1.807, 2.05) is 0 Å².